The van der Waals surface area contributed by atoms with E-state index in [9.17, 15) is 4.79 Å². The van der Waals surface area contributed by atoms with Gasteiger partial charge in [0.1, 0.15) is 0 Å². The number of hydrogen-bond donors (Lipinski definition) is 5. The second-order valence-corrected chi connectivity index (χ2v) is 8.08. The van der Waals surface area contributed by atoms with Gasteiger partial charge in [0.15, 0.2) is 0 Å². The minimum Gasteiger partial charge on any atom is -0.387 e. The lowest BCUT2D eigenvalue weighted by atomic mass is 10.2. The highest BCUT2D eigenvalue weighted by Gasteiger charge is 1.99. The molecule has 0 heterocycles. The van der Waals surface area contributed by atoms with Gasteiger partial charge in [0.05, 0.1) is 98.2 Å². The fourth-order valence-corrected chi connectivity index (χ4v) is 2.76. The molecule has 0 aliphatic carbocycles. The number of ether oxygens (including phenoxy) is 7. The van der Waals surface area contributed by atoms with Gasteiger partial charge in [0.2, 0.25) is 0 Å². The molecule has 0 fully saturated rings. The highest BCUT2D eigenvalue weighted by molar-refractivity contribution is 5.73. The van der Waals surface area contributed by atoms with Crippen LogP contribution in [0.2, 0.25) is 0 Å². The summed E-state index contributed by atoms with van der Waals surface area (Å²) in [6.45, 7) is 11.0. The molecule has 0 saturated carbocycles. The summed E-state index contributed by atoms with van der Waals surface area (Å²) in [5, 5.41) is 11.8. The Balaban J connectivity index is 3.14. The van der Waals surface area contributed by atoms with Crippen molar-refractivity contribution in [2.45, 2.75) is 26.2 Å². The van der Waals surface area contributed by atoms with Crippen LogP contribution in [0.4, 0.5) is 4.79 Å². The first-order valence-corrected chi connectivity index (χ1v) is 13.8. The average Bonchev–Trinajstić information content (AvgIpc) is 2.95. The van der Waals surface area contributed by atoms with Gasteiger partial charge in [-0.2, -0.15) is 5.11 Å². The predicted molar refractivity (Wildman–Crippen MR) is 147 cm³/mol. The van der Waals surface area contributed by atoms with E-state index in [-0.39, 0.29) is 12.6 Å². The van der Waals surface area contributed by atoms with Crippen LogP contribution >= 0.6 is 0 Å². The number of urea groups is 1. The molecule has 0 aromatic carbocycles. The van der Waals surface area contributed by atoms with Crippen LogP contribution < -0.4 is 21.7 Å². The summed E-state index contributed by atoms with van der Waals surface area (Å²) in [4.78, 5) is 11.5. The Labute approximate surface area is 233 Å². The predicted octanol–water partition coefficient (Wildman–Crippen LogP) is 1.01. The molecule has 0 saturated heterocycles. The minimum absolute atomic E-state index is 0.154. The van der Waals surface area contributed by atoms with Crippen molar-refractivity contribution < 1.29 is 38.0 Å². The molecule has 0 aliphatic rings. The van der Waals surface area contributed by atoms with E-state index >= 15 is 0 Å². The van der Waals surface area contributed by atoms with Gasteiger partial charge < -0.3 is 54.8 Å². The average molecular weight is 565 g/mol. The van der Waals surface area contributed by atoms with Crippen molar-refractivity contribution in [2.24, 2.45) is 10.8 Å². The van der Waals surface area contributed by atoms with Crippen LogP contribution in [-0.2, 0) is 33.2 Å². The third-order valence-corrected chi connectivity index (χ3v) is 4.84. The van der Waals surface area contributed by atoms with E-state index in [1.165, 1.54) is 0 Å². The molecular formula is C25H52N6O8. The fraction of sp³-hybridized carbons (Fsp3) is 0.880. The van der Waals surface area contributed by atoms with Gasteiger partial charge in [-0.15, -0.1) is 0 Å². The van der Waals surface area contributed by atoms with E-state index < -0.39 is 0 Å². The van der Waals surface area contributed by atoms with E-state index in [0.717, 1.165) is 19.3 Å². The number of nitrogens with two attached hydrogens (primary N) is 1. The highest BCUT2D eigenvalue weighted by Crippen LogP contribution is 1.91. The molecule has 0 spiro atoms. The zero-order chi connectivity index (χ0) is 28.5. The van der Waals surface area contributed by atoms with Crippen molar-refractivity contribution >= 4 is 6.03 Å². The van der Waals surface area contributed by atoms with Gasteiger partial charge in [0, 0.05) is 32.4 Å². The maximum absolute atomic E-state index is 11.5. The van der Waals surface area contributed by atoms with Gasteiger partial charge in [0.25, 0.3) is 0 Å². The summed E-state index contributed by atoms with van der Waals surface area (Å²) in [7, 11) is 0. The molecular weight excluding hydrogens is 512 g/mol. The summed E-state index contributed by atoms with van der Waals surface area (Å²) >= 11 is 0. The second-order valence-electron chi connectivity index (χ2n) is 8.08. The van der Waals surface area contributed by atoms with Crippen LogP contribution in [-0.4, -0.2) is 125 Å². The van der Waals surface area contributed by atoms with Crippen molar-refractivity contribution in [2.75, 3.05) is 119 Å². The highest BCUT2D eigenvalue weighted by atomic mass is 16.6. The van der Waals surface area contributed by atoms with Crippen molar-refractivity contribution in [3.05, 3.63) is 11.9 Å². The van der Waals surface area contributed by atoms with Crippen molar-refractivity contribution in [3.8, 4) is 0 Å². The van der Waals surface area contributed by atoms with E-state index in [1.807, 2.05) is 0 Å². The lowest BCUT2D eigenvalue weighted by molar-refractivity contribution is -0.0202. The molecule has 0 radical (unpaired) electrons. The maximum Gasteiger partial charge on any atom is 0.314 e. The van der Waals surface area contributed by atoms with Gasteiger partial charge in [-0.3, -0.25) is 0 Å². The van der Waals surface area contributed by atoms with Crippen LogP contribution in [0.15, 0.2) is 17.0 Å². The van der Waals surface area contributed by atoms with E-state index in [2.05, 4.69) is 28.0 Å². The third-order valence-electron chi connectivity index (χ3n) is 4.84. The number of amides is 2. The second kappa shape index (κ2) is 32.3. The first-order chi connectivity index (χ1) is 19.2. The summed E-state index contributed by atoms with van der Waals surface area (Å²) in [5.41, 5.74) is 12.8. The Hall–Kier alpha value is -1.91. The molecule has 0 aliphatic heterocycles. The van der Waals surface area contributed by atoms with Crippen LogP contribution in [0.1, 0.15) is 26.2 Å². The Morgan fingerprint density at radius 1 is 0.667 bits per heavy atom. The fourth-order valence-electron chi connectivity index (χ4n) is 2.76. The Morgan fingerprint density at radius 3 is 1.49 bits per heavy atom. The van der Waals surface area contributed by atoms with Crippen LogP contribution in [0.5, 0.6) is 0 Å². The largest absolute Gasteiger partial charge is 0.387 e. The third kappa shape index (κ3) is 30.5. The topological polar surface area (TPSA) is 180 Å². The smallest absolute Gasteiger partial charge is 0.314 e. The lowest BCUT2D eigenvalue weighted by Crippen LogP contribution is -2.37. The first-order valence-electron chi connectivity index (χ1n) is 13.8. The SMILES string of the molecule is CCCCCNC(=O)NCCOCCOCCOCCOCCOCCOCCOCCN/C=C(/CN)N=N. The van der Waals surface area contributed by atoms with E-state index in [4.69, 9.17) is 44.4 Å². The molecule has 2 amide bonds. The van der Waals surface area contributed by atoms with Crippen LogP contribution in [0.25, 0.3) is 0 Å². The van der Waals surface area contributed by atoms with Crippen molar-refractivity contribution in [1.29, 1.82) is 5.53 Å². The standard InChI is InChI=1S/C25H52N6O8/c1-2-3-4-5-29-25(32)30-7-9-34-11-13-36-15-17-38-19-21-39-20-18-37-16-14-35-12-10-33-8-6-28-23-24(22-26)31-27/h23,27-28H,2-22,26H2,1H3,(H2,29,30,32)/b24-23-,31-27?. The number of nitrogens with zero attached hydrogens (tertiary/aromatic N) is 1. The molecule has 14 nitrogen and oxygen atoms in total. The molecule has 6 N–H and O–H groups in total. The minimum atomic E-state index is -0.154. The Kier molecular flexibility index (Phi) is 30.7. The number of unbranched alkanes of at least 4 members (excludes halogenated alkanes) is 2. The van der Waals surface area contributed by atoms with Crippen LogP contribution in [0, 0.1) is 5.53 Å². The van der Waals surface area contributed by atoms with Gasteiger partial charge in [-0.25, -0.2) is 10.3 Å². The Bertz CT molecular complexity index is 575. The summed E-state index contributed by atoms with van der Waals surface area (Å²) < 4.78 is 38.0. The first kappa shape index (κ1) is 37.1. The van der Waals surface area contributed by atoms with Gasteiger partial charge in [-0.05, 0) is 6.42 Å². The molecule has 0 bridgehead atoms. The molecule has 0 unspecified atom stereocenters. The Morgan fingerprint density at radius 2 is 1.08 bits per heavy atom. The summed E-state index contributed by atoms with van der Waals surface area (Å²) in [5.74, 6) is 0. The normalized spacial score (nSPS) is 11.5. The monoisotopic (exact) mass is 564 g/mol. The number of rotatable bonds is 31. The van der Waals surface area contributed by atoms with Gasteiger partial charge >= 0.3 is 6.03 Å². The van der Waals surface area contributed by atoms with Gasteiger partial charge in [-0.1, -0.05) is 19.8 Å². The van der Waals surface area contributed by atoms with Crippen molar-refractivity contribution in [1.82, 2.24) is 16.0 Å². The zero-order valence-electron chi connectivity index (χ0n) is 23.7. The molecule has 0 aromatic heterocycles. The number of carbonyl (C=O) groups is 1. The maximum atomic E-state index is 11.5. The summed E-state index contributed by atoms with van der Waals surface area (Å²) in [6.07, 6.45) is 4.87. The van der Waals surface area contributed by atoms with Crippen molar-refractivity contribution in [3.63, 3.8) is 0 Å². The molecule has 39 heavy (non-hydrogen) atoms. The lowest BCUT2D eigenvalue weighted by Gasteiger charge is -2.09. The van der Waals surface area contributed by atoms with E-state index in [0.29, 0.717) is 118 Å². The molecule has 14 heteroatoms. The number of hydrogen-bond acceptors (Lipinski definition) is 12. The van der Waals surface area contributed by atoms with Crippen LogP contribution in [0.3, 0.4) is 0 Å². The zero-order valence-corrected chi connectivity index (χ0v) is 23.7. The molecule has 0 rings (SSSR count). The quantitative estimate of drug-likeness (QED) is 0.0602. The molecule has 0 atom stereocenters. The number of nitrogens with one attached hydrogen (secondary N) is 4. The molecule has 230 valence electrons. The number of carbonyl (C=O) groups excluding carboxylic acids is 1. The van der Waals surface area contributed by atoms with E-state index in [1.54, 1.807) is 6.20 Å². The summed E-state index contributed by atoms with van der Waals surface area (Å²) in [6, 6.07) is -0.154. The molecule has 0 aromatic rings.